The Kier molecular flexibility index (Phi) is 3.92. The normalized spacial score (nSPS) is 12.6. The molecule has 0 amide bonds. The first-order valence-electron chi connectivity index (χ1n) is 5.84. The van der Waals surface area contributed by atoms with E-state index in [-0.39, 0.29) is 0 Å². The fourth-order valence-corrected chi connectivity index (χ4v) is 2.68. The van der Waals surface area contributed by atoms with E-state index in [1.807, 2.05) is 14.0 Å². The number of nitrogens with one attached hydrogen (secondary N) is 1. The highest BCUT2D eigenvalue weighted by atomic mass is 32.1. The number of thiazole rings is 1. The van der Waals surface area contributed by atoms with Gasteiger partial charge in [0, 0.05) is 23.5 Å². The SMILES string of the molecule is CNC(Cc1nc(C)cs1)c1ccc(C)cc1. The monoisotopic (exact) mass is 246 g/mol. The van der Waals surface area contributed by atoms with Crippen molar-refractivity contribution in [2.24, 2.45) is 0 Å². The Morgan fingerprint density at radius 1 is 1.24 bits per heavy atom. The van der Waals surface area contributed by atoms with Crippen LogP contribution in [-0.4, -0.2) is 12.0 Å². The third kappa shape index (κ3) is 3.14. The Labute approximate surface area is 107 Å². The van der Waals surface area contributed by atoms with Crippen LogP contribution in [0, 0.1) is 13.8 Å². The van der Waals surface area contributed by atoms with Crippen molar-refractivity contribution in [3.63, 3.8) is 0 Å². The summed E-state index contributed by atoms with van der Waals surface area (Å²) in [5.74, 6) is 0. The van der Waals surface area contributed by atoms with Gasteiger partial charge in [0.1, 0.15) is 0 Å². The molecule has 1 aromatic heterocycles. The highest BCUT2D eigenvalue weighted by Gasteiger charge is 2.11. The summed E-state index contributed by atoms with van der Waals surface area (Å²) < 4.78 is 0. The van der Waals surface area contributed by atoms with E-state index in [1.54, 1.807) is 11.3 Å². The molecule has 2 nitrogen and oxygen atoms in total. The van der Waals surface area contributed by atoms with Gasteiger partial charge in [-0.3, -0.25) is 0 Å². The topological polar surface area (TPSA) is 24.9 Å². The van der Waals surface area contributed by atoms with Gasteiger partial charge in [0.25, 0.3) is 0 Å². The molecule has 0 spiro atoms. The maximum absolute atomic E-state index is 4.52. The zero-order valence-electron chi connectivity index (χ0n) is 10.5. The van der Waals surface area contributed by atoms with Crippen LogP contribution in [0.15, 0.2) is 29.6 Å². The molecule has 2 rings (SSSR count). The van der Waals surface area contributed by atoms with Gasteiger partial charge in [0.15, 0.2) is 0 Å². The molecule has 0 bridgehead atoms. The Morgan fingerprint density at radius 3 is 2.47 bits per heavy atom. The van der Waals surface area contributed by atoms with Gasteiger partial charge in [-0.25, -0.2) is 4.98 Å². The van der Waals surface area contributed by atoms with Gasteiger partial charge in [-0.1, -0.05) is 29.8 Å². The molecule has 0 radical (unpaired) electrons. The third-order valence-electron chi connectivity index (χ3n) is 2.87. The van der Waals surface area contributed by atoms with E-state index in [4.69, 9.17) is 0 Å². The molecule has 0 aliphatic rings. The number of hydrogen-bond acceptors (Lipinski definition) is 3. The summed E-state index contributed by atoms with van der Waals surface area (Å²) in [6, 6.07) is 9.05. The highest BCUT2D eigenvalue weighted by molar-refractivity contribution is 7.09. The molecule has 0 fully saturated rings. The summed E-state index contributed by atoms with van der Waals surface area (Å²) in [7, 11) is 2.00. The maximum Gasteiger partial charge on any atom is 0.0947 e. The van der Waals surface area contributed by atoms with Gasteiger partial charge < -0.3 is 5.32 Å². The summed E-state index contributed by atoms with van der Waals surface area (Å²) in [5, 5.41) is 6.67. The molecule has 0 aliphatic carbocycles. The second-order valence-electron chi connectivity index (χ2n) is 4.34. The van der Waals surface area contributed by atoms with Crippen LogP contribution in [0.4, 0.5) is 0 Å². The minimum absolute atomic E-state index is 0.348. The summed E-state index contributed by atoms with van der Waals surface area (Å²) in [4.78, 5) is 4.52. The van der Waals surface area contributed by atoms with Crippen LogP contribution in [-0.2, 0) is 6.42 Å². The fraction of sp³-hybridized carbons (Fsp3) is 0.357. The lowest BCUT2D eigenvalue weighted by Gasteiger charge is -2.15. The average Bonchev–Trinajstić information content (AvgIpc) is 2.73. The van der Waals surface area contributed by atoms with Crippen LogP contribution < -0.4 is 5.32 Å². The average molecular weight is 246 g/mol. The van der Waals surface area contributed by atoms with Gasteiger partial charge in [-0.05, 0) is 26.5 Å². The quantitative estimate of drug-likeness (QED) is 0.895. The summed E-state index contributed by atoms with van der Waals surface area (Å²) >= 11 is 1.74. The molecule has 1 N–H and O–H groups in total. The molecule has 3 heteroatoms. The lowest BCUT2D eigenvalue weighted by Crippen LogP contribution is -2.18. The van der Waals surface area contributed by atoms with Crippen LogP contribution in [0.2, 0.25) is 0 Å². The minimum atomic E-state index is 0.348. The van der Waals surface area contributed by atoms with Crippen molar-refractivity contribution in [3.8, 4) is 0 Å². The largest absolute Gasteiger partial charge is 0.313 e. The lowest BCUT2D eigenvalue weighted by molar-refractivity contribution is 0.590. The maximum atomic E-state index is 4.52. The van der Waals surface area contributed by atoms with Gasteiger partial charge in [-0.15, -0.1) is 11.3 Å². The van der Waals surface area contributed by atoms with E-state index in [1.165, 1.54) is 16.1 Å². The Hall–Kier alpha value is -1.19. The Balaban J connectivity index is 2.13. The Bertz CT molecular complexity index is 473. The molecular formula is C14H18N2S. The molecule has 1 heterocycles. The number of aromatic nitrogens is 1. The van der Waals surface area contributed by atoms with Crippen molar-refractivity contribution in [1.82, 2.24) is 10.3 Å². The first-order chi connectivity index (χ1) is 8.19. The van der Waals surface area contributed by atoms with Crippen molar-refractivity contribution < 1.29 is 0 Å². The van der Waals surface area contributed by atoms with Gasteiger partial charge >= 0.3 is 0 Å². The van der Waals surface area contributed by atoms with Gasteiger partial charge in [0.2, 0.25) is 0 Å². The van der Waals surface area contributed by atoms with Crippen LogP contribution >= 0.6 is 11.3 Å². The highest BCUT2D eigenvalue weighted by Crippen LogP contribution is 2.20. The summed E-state index contributed by atoms with van der Waals surface area (Å²) in [5.41, 5.74) is 3.74. The van der Waals surface area contributed by atoms with Crippen molar-refractivity contribution >= 4 is 11.3 Å². The number of benzene rings is 1. The minimum Gasteiger partial charge on any atom is -0.313 e. The molecule has 90 valence electrons. The number of aryl methyl sites for hydroxylation is 2. The summed E-state index contributed by atoms with van der Waals surface area (Å²) in [6.45, 7) is 4.16. The van der Waals surface area contributed by atoms with Crippen LogP contribution in [0.3, 0.4) is 0 Å². The lowest BCUT2D eigenvalue weighted by atomic mass is 10.0. The molecule has 17 heavy (non-hydrogen) atoms. The van der Waals surface area contributed by atoms with E-state index in [0.29, 0.717) is 6.04 Å². The zero-order valence-corrected chi connectivity index (χ0v) is 11.3. The summed E-state index contributed by atoms with van der Waals surface area (Å²) in [6.07, 6.45) is 0.956. The Morgan fingerprint density at radius 2 is 1.94 bits per heavy atom. The second kappa shape index (κ2) is 5.43. The molecule has 1 unspecified atom stereocenters. The number of likely N-dealkylation sites (N-methyl/N-ethyl adjacent to an activating group) is 1. The number of rotatable bonds is 4. The molecule has 0 aliphatic heterocycles. The molecule has 1 aromatic carbocycles. The second-order valence-corrected chi connectivity index (χ2v) is 5.28. The number of nitrogens with zero attached hydrogens (tertiary/aromatic N) is 1. The molecule has 1 atom stereocenters. The fourth-order valence-electron chi connectivity index (χ4n) is 1.86. The predicted molar refractivity (Wildman–Crippen MR) is 73.5 cm³/mol. The van der Waals surface area contributed by atoms with E-state index in [9.17, 15) is 0 Å². The van der Waals surface area contributed by atoms with Crippen LogP contribution in [0.25, 0.3) is 0 Å². The van der Waals surface area contributed by atoms with Crippen molar-refractivity contribution in [3.05, 3.63) is 51.5 Å². The predicted octanol–water partition coefficient (Wildman–Crippen LogP) is 3.26. The van der Waals surface area contributed by atoms with E-state index >= 15 is 0 Å². The molecule has 0 saturated heterocycles. The van der Waals surface area contributed by atoms with Gasteiger partial charge in [0.05, 0.1) is 5.01 Å². The zero-order chi connectivity index (χ0) is 12.3. The molecular weight excluding hydrogens is 228 g/mol. The van der Waals surface area contributed by atoms with E-state index in [2.05, 4.69) is 46.9 Å². The van der Waals surface area contributed by atoms with Crippen LogP contribution in [0.5, 0.6) is 0 Å². The van der Waals surface area contributed by atoms with Crippen molar-refractivity contribution in [2.75, 3.05) is 7.05 Å². The first-order valence-corrected chi connectivity index (χ1v) is 6.72. The third-order valence-corrected chi connectivity index (χ3v) is 3.86. The molecule has 2 aromatic rings. The first kappa shape index (κ1) is 12.3. The van der Waals surface area contributed by atoms with E-state index < -0.39 is 0 Å². The standard InChI is InChI=1S/C14H18N2S/c1-10-4-6-12(7-5-10)13(15-3)8-14-16-11(2)9-17-14/h4-7,9,13,15H,8H2,1-3H3. The smallest absolute Gasteiger partial charge is 0.0947 e. The molecule has 0 saturated carbocycles. The van der Waals surface area contributed by atoms with Crippen molar-refractivity contribution in [2.45, 2.75) is 26.3 Å². The number of hydrogen-bond donors (Lipinski definition) is 1. The van der Waals surface area contributed by atoms with Crippen LogP contribution in [0.1, 0.15) is 27.9 Å². The van der Waals surface area contributed by atoms with E-state index in [0.717, 1.165) is 12.1 Å². The van der Waals surface area contributed by atoms with Gasteiger partial charge in [-0.2, -0.15) is 0 Å². The van der Waals surface area contributed by atoms with Crippen molar-refractivity contribution in [1.29, 1.82) is 0 Å².